The van der Waals surface area contributed by atoms with Crippen molar-refractivity contribution in [2.45, 2.75) is 13.5 Å². The van der Waals surface area contributed by atoms with Crippen LogP contribution in [0, 0.1) is 6.92 Å². The van der Waals surface area contributed by atoms with Crippen molar-refractivity contribution >= 4 is 54.6 Å². The van der Waals surface area contributed by atoms with Crippen molar-refractivity contribution in [3.8, 4) is 0 Å². The molecule has 0 fully saturated rings. The van der Waals surface area contributed by atoms with Crippen molar-refractivity contribution in [1.29, 1.82) is 0 Å². The number of nitrogens with one attached hydrogen (secondary N) is 1. The Bertz CT molecular complexity index is 766. The highest BCUT2D eigenvalue weighted by Gasteiger charge is 2.09. The van der Waals surface area contributed by atoms with E-state index in [4.69, 9.17) is 11.6 Å². The fraction of sp³-hybridized carbons (Fsp3) is 0.125. The molecule has 0 aliphatic heterocycles. The molecule has 0 saturated carbocycles. The van der Waals surface area contributed by atoms with Gasteiger partial charge in [-0.25, -0.2) is 0 Å². The molecule has 1 nitrogen and oxygen atoms in total. The molecular weight excluding hydrogens is 354 g/mol. The van der Waals surface area contributed by atoms with Crippen LogP contribution in [0.1, 0.15) is 10.4 Å². The molecule has 102 valence electrons. The topological polar surface area (TPSA) is 12.0 Å². The predicted octanol–water partition coefficient (Wildman–Crippen LogP) is 6.24. The van der Waals surface area contributed by atoms with Crippen LogP contribution in [-0.2, 0) is 6.54 Å². The van der Waals surface area contributed by atoms with E-state index in [0.29, 0.717) is 0 Å². The maximum atomic E-state index is 6.44. The minimum Gasteiger partial charge on any atom is -0.380 e. The number of halogens is 2. The van der Waals surface area contributed by atoms with E-state index in [1.807, 2.05) is 12.1 Å². The Labute approximate surface area is 135 Å². The zero-order valence-electron chi connectivity index (χ0n) is 10.9. The predicted molar refractivity (Wildman–Crippen MR) is 93.0 cm³/mol. The van der Waals surface area contributed by atoms with Crippen LogP contribution in [-0.4, -0.2) is 0 Å². The van der Waals surface area contributed by atoms with E-state index in [1.165, 1.54) is 15.1 Å². The molecule has 0 bridgehead atoms. The van der Waals surface area contributed by atoms with Gasteiger partial charge in [0, 0.05) is 25.1 Å². The molecule has 0 aliphatic rings. The van der Waals surface area contributed by atoms with Crippen molar-refractivity contribution in [3.63, 3.8) is 0 Å². The van der Waals surface area contributed by atoms with Gasteiger partial charge in [-0.3, -0.25) is 0 Å². The number of aryl methyl sites for hydroxylation is 1. The fourth-order valence-corrected chi connectivity index (χ4v) is 3.88. The van der Waals surface area contributed by atoms with Gasteiger partial charge in [-0.05, 0) is 30.7 Å². The summed E-state index contributed by atoms with van der Waals surface area (Å²) in [5, 5.41) is 5.43. The van der Waals surface area contributed by atoms with Gasteiger partial charge in [-0.1, -0.05) is 51.8 Å². The van der Waals surface area contributed by atoms with Crippen molar-refractivity contribution in [2.75, 3.05) is 5.32 Å². The molecule has 1 N–H and O–H groups in total. The zero-order chi connectivity index (χ0) is 14.1. The summed E-state index contributed by atoms with van der Waals surface area (Å²) in [6.07, 6.45) is 0. The average molecular weight is 367 g/mol. The smallest absolute Gasteiger partial charge is 0.0642 e. The Balaban J connectivity index is 1.83. The van der Waals surface area contributed by atoms with Crippen molar-refractivity contribution in [1.82, 2.24) is 0 Å². The summed E-state index contributed by atoms with van der Waals surface area (Å²) in [4.78, 5) is 1.17. The Morgan fingerprint density at radius 3 is 2.75 bits per heavy atom. The number of thiophene rings is 1. The van der Waals surface area contributed by atoms with Crippen LogP contribution in [0.25, 0.3) is 10.1 Å². The number of hydrogen-bond donors (Lipinski definition) is 1. The lowest BCUT2D eigenvalue weighted by atomic mass is 10.2. The van der Waals surface area contributed by atoms with Gasteiger partial charge >= 0.3 is 0 Å². The van der Waals surface area contributed by atoms with Gasteiger partial charge in [0.2, 0.25) is 0 Å². The summed E-state index contributed by atoms with van der Waals surface area (Å²) in [5.74, 6) is 0. The Morgan fingerprint density at radius 1 is 1.20 bits per heavy atom. The summed E-state index contributed by atoms with van der Waals surface area (Å²) in [6.45, 7) is 2.82. The molecule has 0 amide bonds. The summed E-state index contributed by atoms with van der Waals surface area (Å²) in [7, 11) is 0. The maximum Gasteiger partial charge on any atom is 0.0642 e. The molecule has 0 atom stereocenters. The number of benzene rings is 2. The summed E-state index contributed by atoms with van der Waals surface area (Å²) in [6, 6.07) is 14.5. The molecule has 0 radical (unpaired) electrons. The minimum atomic E-state index is 0.744. The van der Waals surface area contributed by atoms with Gasteiger partial charge < -0.3 is 5.32 Å². The van der Waals surface area contributed by atoms with Gasteiger partial charge in [0.1, 0.15) is 0 Å². The van der Waals surface area contributed by atoms with E-state index in [0.717, 1.165) is 27.1 Å². The molecule has 1 aromatic heterocycles. The Kier molecular flexibility index (Phi) is 4.01. The molecule has 0 spiro atoms. The van der Waals surface area contributed by atoms with Crippen LogP contribution < -0.4 is 5.32 Å². The van der Waals surface area contributed by atoms with Gasteiger partial charge in [0.25, 0.3) is 0 Å². The lowest BCUT2D eigenvalue weighted by Gasteiger charge is -2.07. The third kappa shape index (κ3) is 2.71. The SMILES string of the molecule is Cc1ccc(NCc2sc3ccccc3c2Cl)cc1Br. The Hall–Kier alpha value is -1.03. The first kappa shape index (κ1) is 13.9. The monoisotopic (exact) mass is 365 g/mol. The van der Waals surface area contributed by atoms with Crippen molar-refractivity contribution in [2.24, 2.45) is 0 Å². The molecule has 0 aliphatic carbocycles. The molecular formula is C16H13BrClNS. The van der Waals surface area contributed by atoms with Crippen LogP contribution in [0.2, 0.25) is 5.02 Å². The lowest BCUT2D eigenvalue weighted by molar-refractivity contribution is 1.19. The van der Waals surface area contributed by atoms with Crippen LogP contribution in [0.15, 0.2) is 46.9 Å². The molecule has 3 aromatic rings. The molecule has 20 heavy (non-hydrogen) atoms. The molecule has 1 heterocycles. The second kappa shape index (κ2) is 5.76. The zero-order valence-corrected chi connectivity index (χ0v) is 14.1. The molecule has 2 aromatic carbocycles. The number of hydrogen-bond acceptors (Lipinski definition) is 2. The third-order valence-corrected chi connectivity index (χ3v) is 5.80. The maximum absolute atomic E-state index is 6.44. The van der Waals surface area contributed by atoms with E-state index in [-0.39, 0.29) is 0 Å². The first-order chi connectivity index (χ1) is 9.65. The van der Waals surface area contributed by atoms with Crippen molar-refractivity contribution in [3.05, 3.63) is 62.4 Å². The average Bonchev–Trinajstić information content (AvgIpc) is 2.77. The highest BCUT2D eigenvalue weighted by atomic mass is 79.9. The summed E-state index contributed by atoms with van der Waals surface area (Å²) >= 11 is 11.7. The van der Waals surface area contributed by atoms with Crippen LogP contribution in [0.4, 0.5) is 5.69 Å². The van der Waals surface area contributed by atoms with Crippen molar-refractivity contribution < 1.29 is 0 Å². The number of anilines is 1. The molecule has 0 saturated heterocycles. The summed E-state index contributed by atoms with van der Waals surface area (Å²) in [5.41, 5.74) is 2.33. The largest absolute Gasteiger partial charge is 0.380 e. The standard InChI is InChI=1S/C16H13BrClNS/c1-10-6-7-11(8-13(10)17)19-9-15-16(18)12-4-2-3-5-14(12)20-15/h2-8,19H,9H2,1H3. The normalized spacial score (nSPS) is 10.9. The Morgan fingerprint density at radius 2 is 2.00 bits per heavy atom. The van der Waals surface area contributed by atoms with Gasteiger partial charge in [-0.2, -0.15) is 0 Å². The third-order valence-electron chi connectivity index (χ3n) is 3.23. The quantitative estimate of drug-likeness (QED) is 0.578. The first-order valence-corrected chi connectivity index (χ1v) is 8.30. The number of rotatable bonds is 3. The van der Waals surface area contributed by atoms with E-state index in [2.05, 4.69) is 58.5 Å². The highest BCUT2D eigenvalue weighted by molar-refractivity contribution is 9.10. The second-order valence-corrected chi connectivity index (χ2v) is 7.02. The van der Waals surface area contributed by atoms with Gasteiger partial charge in [-0.15, -0.1) is 11.3 Å². The van der Waals surface area contributed by atoms with E-state index < -0.39 is 0 Å². The van der Waals surface area contributed by atoms with Crippen LogP contribution in [0.3, 0.4) is 0 Å². The molecule has 0 unspecified atom stereocenters. The summed E-state index contributed by atoms with van der Waals surface area (Å²) < 4.78 is 2.35. The number of fused-ring (bicyclic) bond motifs is 1. The first-order valence-electron chi connectivity index (χ1n) is 6.31. The van der Waals surface area contributed by atoms with E-state index in [9.17, 15) is 0 Å². The fourth-order valence-electron chi connectivity index (χ4n) is 2.06. The highest BCUT2D eigenvalue weighted by Crippen LogP contribution is 2.35. The molecule has 3 rings (SSSR count). The van der Waals surface area contributed by atoms with Gasteiger partial charge in [0.05, 0.1) is 11.6 Å². The molecule has 4 heteroatoms. The lowest BCUT2D eigenvalue weighted by Crippen LogP contribution is -1.98. The van der Waals surface area contributed by atoms with E-state index >= 15 is 0 Å². The van der Waals surface area contributed by atoms with Gasteiger partial charge in [0.15, 0.2) is 0 Å². The van der Waals surface area contributed by atoms with E-state index in [1.54, 1.807) is 11.3 Å². The minimum absolute atomic E-state index is 0.744. The second-order valence-electron chi connectivity index (χ2n) is 4.65. The van der Waals surface area contributed by atoms with Crippen LogP contribution in [0.5, 0.6) is 0 Å². The van der Waals surface area contributed by atoms with Crippen LogP contribution >= 0.6 is 38.9 Å².